The third-order valence-electron chi connectivity index (χ3n) is 3.11. The number of carbonyl (C=O) groups excluding carboxylic acids is 1. The number of nitrogens with zero attached hydrogens (tertiary/aromatic N) is 1. The molecular formula is C13H17BrClN3O. The molecule has 0 aliphatic carbocycles. The van der Waals surface area contributed by atoms with E-state index in [1.54, 1.807) is 12.1 Å². The minimum absolute atomic E-state index is 0.0571. The van der Waals surface area contributed by atoms with Crippen LogP contribution >= 0.6 is 27.5 Å². The molecule has 1 unspecified atom stereocenters. The molecule has 2 rings (SSSR count). The SMILES string of the molecule is NC1CCCN(CC(=O)Nc2ccc(Br)cc2Cl)C1. The normalized spacial score (nSPS) is 20.3. The lowest BCUT2D eigenvalue weighted by atomic mass is 10.1. The summed E-state index contributed by atoms with van der Waals surface area (Å²) in [5, 5.41) is 3.35. The van der Waals surface area contributed by atoms with Crippen LogP contribution in [0.25, 0.3) is 0 Å². The van der Waals surface area contributed by atoms with Crippen molar-refractivity contribution in [2.75, 3.05) is 25.0 Å². The molecule has 1 amide bonds. The van der Waals surface area contributed by atoms with Crippen molar-refractivity contribution >= 4 is 39.1 Å². The summed E-state index contributed by atoms with van der Waals surface area (Å²) in [4.78, 5) is 14.0. The van der Waals surface area contributed by atoms with Crippen molar-refractivity contribution in [3.8, 4) is 0 Å². The summed E-state index contributed by atoms with van der Waals surface area (Å²) >= 11 is 9.39. The van der Waals surface area contributed by atoms with Gasteiger partial charge in [-0.3, -0.25) is 9.69 Å². The quantitative estimate of drug-likeness (QED) is 0.884. The van der Waals surface area contributed by atoms with Crippen LogP contribution in [0.2, 0.25) is 5.02 Å². The Balaban J connectivity index is 1.90. The molecule has 1 saturated heterocycles. The highest BCUT2D eigenvalue weighted by Gasteiger charge is 2.19. The average molecular weight is 347 g/mol. The van der Waals surface area contributed by atoms with Crippen molar-refractivity contribution < 1.29 is 4.79 Å². The number of halogens is 2. The second-order valence-electron chi connectivity index (χ2n) is 4.81. The number of carbonyl (C=O) groups is 1. The molecule has 0 saturated carbocycles. The molecule has 19 heavy (non-hydrogen) atoms. The molecule has 0 bridgehead atoms. The number of anilines is 1. The topological polar surface area (TPSA) is 58.4 Å². The Labute approximate surface area is 126 Å². The molecule has 1 aromatic carbocycles. The van der Waals surface area contributed by atoms with Crippen molar-refractivity contribution in [2.45, 2.75) is 18.9 Å². The van der Waals surface area contributed by atoms with Gasteiger partial charge in [0.25, 0.3) is 0 Å². The molecule has 1 heterocycles. The molecule has 0 radical (unpaired) electrons. The summed E-state index contributed by atoms with van der Waals surface area (Å²) in [6.45, 7) is 2.07. The van der Waals surface area contributed by atoms with E-state index in [1.807, 2.05) is 6.07 Å². The lowest BCUT2D eigenvalue weighted by molar-refractivity contribution is -0.117. The summed E-state index contributed by atoms with van der Waals surface area (Å²) in [6, 6.07) is 5.57. The summed E-state index contributed by atoms with van der Waals surface area (Å²) < 4.78 is 0.887. The smallest absolute Gasteiger partial charge is 0.238 e. The number of piperidine rings is 1. The number of benzene rings is 1. The Morgan fingerprint density at radius 1 is 1.58 bits per heavy atom. The highest BCUT2D eigenvalue weighted by Crippen LogP contribution is 2.25. The minimum Gasteiger partial charge on any atom is -0.327 e. The number of rotatable bonds is 3. The first-order valence-corrected chi connectivity index (χ1v) is 7.44. The van der Waals surface area contributed by atoms with Crippen LogP contribution in [-0.2, 0) is 4.79 Å². The first-order valence-electron chi connectivity index (χ1n) is 6.27. The maximum absolute atomic E-state index is 12.0. The minimum atomic E-state index is -0.0571. The molecule has 1 fully saturated rings. The average Bonchev–Trinajstić information content (AvgIpc) is 2.33. The predicted molar refractivity (Wildman–Crippen MR) is 81.4 cm³/mol. The van der Waals surface area contributed by atoms with E-state index in [2.05, 4.69) is 26.1 Å². The maximum Gasteiger partial charge on any atom is 0.238 e. The number of hydrogen-bond acceptors (Lipinski definition) is 3. The molecule has 104 valence electrons. The van der Waals surface area contributed by atoms with Crippen LogP contribution in [0.4, 0.5) is 5.69 Å². The van der Waals surface area contributed by atoms with E-state index in [0.717, 1.165) is 30.4 Å². The van der Waals surface area contributed by atoms with E-state index in [4.69, 9.17) is 17.3 Å². The fourth-order valence-electron chi connectivity index (χ4n) is 2.22. The second kappa shape index (κ2) is 6.70. The van der Waals surface area contributed by atoms with Crippen molar-refractivity contribution in [1.82, 2.24) is 4.90 Å². The summed E-state index contributed by atoms with van der Waals surface area (Å²) in [7, 11) is 0. The predicted octanol–water partition coefficient (Wildman–Crippen LogP) is 2.46. The van der Waals surface area contributed by atoms with Crippen molar-refractivity contribution in [3.63, 3.8) is 0 Å². The van der Waals surface area contributed by atoms with Gasteiger partial charge in [0.15, 0.2) is 0 Å². The molecule has 4 nitrogen and oxygen atoms in total. The third-order valence-corrected chi connectivity index (χ3v) is 3.92. The van der Waals surface area contributed by atoms with Crippen LogP contribution in [0.5, 0.6) is 0 Å². The fraction of sp³-hybridized carbons (Fsp3) is 0.462. The number of nitrogens with two attached hydrogens (primary N) is 1. The zero-order valence-corrected chi connectivity index (χ0v) is 12.9. The van der Waals surface area contributed by atoms with Crippen LogP contribution in [0.1, 0.15) is 12.8 Å². The van der Waals surface area contributed by atoms with E-state index in [9.17, 15) is 4.79 Å². The summed E-state index contributed by atoms with van der Waals surface area (Å²) in [6.07, 6.45) is 2.09. The standard InChI is InChI=1S/C13H17BrClN3O/c14-9-3-4-12(11(15)6-9)17-13(19)8-18-5-1-2-10(16)7-18/h3-4,6,10H,1-2,5,7-8,16H2,(H,17,19). The van der Waals surface area contributed by atoms with Gasteiger partial charge in [-0.2, -0.15) is 0 Å². The number of nitrogens with one attached hydrogen (secondary N) is 1. The molecule has 1 aliphatic rings. The van der Waals surface area contributed by atoms with Gasteiger partial charge in [0.05, 0.1) is 17.3 Å². The van der Waals surface area contributed by atoms with Gasteiger partial charge in [-0.25, -0.2) is 0 Å². The van der Waals surface area contributed by atoms with Gasteiger partial charge in [0.2, 0.25) is 5.91 Å². The summed E-state index contributed by atoms with van der Waals surface area (Å²) in [5.41, 5.74) is 6.53. The van der Waals surface area contributed by atoms with Crippen molar-refractivity contribution in [1.29, 1.82) is 0 Å². The Bertz CT molecular complexity index is 469. The van der Waals surface area contributed by atoms with Gasteiger partial charge >= 0.3 is 0 Å². The molecular weight excluding hydrogens is 330 g/mol. The Kier molecular flexibility index (Phi) is 5.21. The molecule has 3 N–H and O–H groups in total. The molecule has 6 heteroatoms. The van der Waals surface area contributed by atoms with Crippen LogP contribution in [0.15, 0.2) is 22.7 Å². The van der Waals surface area contributed by atoms with E-state index in [0.29, 0.717) is 17.3 Å². The molecule has 0 aromatic heterocycles. The van der Waals surface area contributed by atoms with Gasteiger partial charge in [-0.05, 0) is 37.6 Å². The monoisotopic (exact) mass is 345 g/mol. The molecule has 0 spiro atoms. The maximum atomic E-state index is 12.0. The van der Waals surface area contributed by atoms with Gasteiger partial charge < -0.3 is 11.1 Å². The highest BCUT2D eigenvalue weighted by atomic mass is 79.9. The molecule has 1 aromatic rings. The summed E-state index contributed by atoms with van der Waals surface area (Å²) in [5.74, 6) is -0.0571. The number of likely N-dealkylation sites (tertiary alicyclic amines) is 1. The van der Waals surface area contributed by atoms with E-state index >= 15 is 0 Å². The fourth-order valence-corrected chi connectivity index (χ4v) is 2.94. The van der Waals surface area contributed by atoms with Crippen LogP contribution < -0.4 is 11.1 Å². The Morgan fingerprint density at radius 3 is 3.05 bits per heavy atom. The number of hydrogen-bond donors (Lipinski definition) is 2. The number of amides is 1. The van der Waals surface area contributed by atoms with E-state index in [-0.39, 0.29) is 11.9 Å². The first kappa shape index (κ1) is 14.8. The van der Waals surface area contributed by atoms with Crippen LogP contribution in [-0.4, -0.2) is 36.5 Å². The van der Waals surface area contributed by atoms with Crippen LogP contribution in [0, 0.1) is 0 Å². The van der Waals surface area contributed by atoms with Gasteiger partial charge in [-0.15, -0.1) is 0 Å². The van der Waals surface area contributed by atoms with E-state index in [1.165, 1.54) is 0 Å². The zero-order valence-electron chi connectivity index (χ0n) is 10.5. The van der Waals surface area contributed by atoms with Crippen molar-refractivity contribution in [2.24, 2.45) is 5.73 Å². The van der Waals surface area contributed by atoms with Gasteiger partial charge in [-0.1, -0.05) is 27.5 Å². The lowest BCUT2D eigenvalue weighted by Gasteiger charge is -2.29. The van der Waals surface area contributed by atoms with Gasteiger partial charge in [0, 0.05) is 17.1 Å². The van der Waals surface area contributed by atoms with E-state index < -0.39 is 0 Å². The third kappa shape index (κ3) is 4.45. The van der Waals surface area contributed by atoms with Crippen molar-refractivity contribution in [3.05, 3.63) is 27.7 Å². The van der Waals surface area contributed by atoms with Crippen LogP contribution in [0.3, 0.4) is 0 Å². The first-order chi connectivity index (χ1) is 9.04. The lowest BCUT2D eigenvalue weighted by Crippen LogP contribution is -2.45. The molecule has 1 aliphatic heterocycles. The zero-order chi connectivity index (χ0) is 13.8. The largest absolute Gasteiger partial charge is 0.327 e. The Morgan fingerprint density at radius 2 is 2.37 bits per heavy atom. The molecule has 1 atom stereocenters. The Hall–Kier alpha value is -0.620. The van der Waals surface area contributed by atoms with Gasteiger partial charge in [0.1, 0.15) is 0 Å². The second-order valence-corrected chi connectivity index (χ2v) is 6.13. The highest BCUT2D eigenvalue weighted by molar-refractivity contribution is 9.10.